The van der Waals surface area contributed by atoms with Crippen LogP contribution in [-0.2, 0) is 14.6 Å². The number of nitrogens with one attached hydrogen (secondary N) is 2. The van der Waals surface area contributed by atoms with E-state index in [1.165, 1.54) is 39.4 Å². The van der Waals surface area contributed by atoms with Crippen molar-refractivity contribution in [1.29, 1.82) is 0 Å². The maximum absolute atomic E-state index is 12.5. The van der Waals surface area contributed by atoms with Gasteiger partial charge in [-0.15, -0.1) is 6.58 Å². The largest absolute Gasteiger partial charge is 0.494 e. The zero-order valence-electron chi connectivity index (χ0n) is 17.0. The molecule has 0 aliphatic carbocycles. The molecular weight excluding hydrogens is 408 g/mol. The summed E-state index contributed by atoms with van der Waals surface area (Å²) in [4.78, 5) is 24.9. The average molecular weight is 432 g/mol. The lowest BCUT2D eigenvalue weighted by molar-refractivity contribution is -0.115. The van der Waals surface area contributed by atoms with Crippen molar-refractivity contribution >= 4 is 33.0 Å². The molecule has 0 heterocycles. The van der Waals surface area contributed by atoms with E-state index in [4.69, 9.17) is 9.47 Å². The molecule has 0 bridgehead atoms. The van der Waals surface area contributed by atoms with Crippen LogP contribution in [0.25, 0.3) is 0 Å². The van der Waals surface area contributed by atoms with Crippen LogP contribution < -0.4 is 20.1 Å². The number of amides is 2. The second kappa shape index (κ2) is 9.93. The molecule has 1 unspecified atom stereocenters. The van der Waals surface area contributed by atoms with Gasteiger partial charge in [-0.05, 0) is 19.1 Å². The van der Waals surface area contributed by atoms with E-state index in [0.717, 1.165) is 0 Å². The van der Waals surface area contributed by atoms with E-state index in [1.54, 1.807) is 30.3 Å². The lowest BCUT2D eigenvalue weighted by atomic mass is 10.2. The van der Waals surface area contributed by atoms with E-state index in [1.807, 2.05) is 0 Å². The lowest BCUT2D eigenvalue weighted by Crippen LogP contribution is -2.33. The second-order valence-electron chi connectivity index (χ2n) is 6.32. The standard InChI is InChI=1S/C21H24N2O6S/c1-5-11-30(26,27)14(2)20(24)22-16-12-19(29-4)17(13-18(16)28-3)23-21(25)15-9-7-6-8-10-15/h5-10,12-14H,1,11H2,2-4H3,(H,22,24)(H,23,25). The highest BCUT2D eigenvalue weighted by Crippen LogP contribution is 2.37. The molecule has 9 heteroatoms. The molecule has 1 atom stereocenters. The van der Waals surface area contributed by atoms with Crippen LogP contribution in [0.4, 0.5) is 11.4 Å². The summed E-state index contributed by atoms with van der Waals surface area (Å²) in [5.74, 6) is -0.903. The monoisotopic (exact) mass is 432 g/mol. The minimum Gasteiger partial charge on any atom is -0.494 e. The predicted octanol–water partition coefficient (Wildman–Crippen LogP) is 2.88. The van der Waals surface area contributed by atoms with Gasteiger partial charge in [0.25, 0.3) is 5.91 Å². The summed E-state index contributed by atoms with van der Waals surface area (Å²) in [6.07, 6.45) is 1.23. The second-order valence-corrected chi connectivity index (χ2v) is 8.69. The van der Waals surface area contributed by atoms with E-state index in [0.29, 0.717) is 11.3 Å². The van der Waals surface area contributed by atoms with Gasteiger partial charge in [0.05, 0.1) is 31.3 Å². The number of carbonyl (C=O) groups is 2. The summed E-state index contributed by atoms with van der Waals surface area (Å²) in [6, 6.07) is 11.5. The number of benzene rings is 2. The number of hydrogen-bond donors (Lipinski definition) is 2. The van der Waals surface area contributed by atoms with Gasteiger partial charge in [0.1, 0.15) is 16.7 Å². The molecule has 0 radical (unpaired) electrons. The molecular formula is C21H24N2O6S. The molecule has 160 valence electrons. The highest BCUT2D eigenvalue weighted by atomic mass is 32.2. The van der Waals surface area contributed by atoms with Gasteiger partial charge < -0.3 is 20.1 Å². The Hall–Kier alpha value is -3.33. The Morgan fingerprint density at radius 1 is 1.03 bits per heavy atom. The fourth-order valence-electron chi connectivity index (χ4n) is 2.58. The Labute approximate surface area is 175 Å². The van der Waals surface area contributed by atoms with Crippen molar-refractivity contribution < 1.29 is 27.5 Å². The first kappa shape index (κ1) is 23.0. The molecule has 0 aliphatic heterocycles. The number of sulfone groups is 1. The van der Waals surface area contributed by atoms with Crippen LogP contribution in [0.5, 0.6) is 11.5 Å². The van der Waals surface area contributed by atoms with Crippen LogP contribution in [0.2, 0.25) is 0 Å². The number of carbonyl (C=O) groups excluding carboxylic acids is 2. The molecule has 0 fully saturated rings. The predicted molar refractivity (Wildman–Crippen MR) is 116 cm³/mol. The molecule has 0 saturated heterocycles. The molecule has 0 saturated carbocycles. The summed E-state index contributed by atoms with van der Waals surface area (Å²) >= 11 is 0. The maximum atomic E-state index is 12.5. The first-order valence-electron chi connectivity index (χ1n) is 8.99. The normalized spacial score (nSPS) is 11.8. The molecule has 30 heavy (non-hydrogen) atoms. The SMILES string of the molecule is C=CCS(=O)(=O)C(C)C(=O)Nc1cc(OC)c(NC(=O)c2ccccc2)cc1OC. The fraction of sp³-hybridized carbons (Fsp3) is 0.238. The summed E-state index contributed by atoms with van der Waals surface area (Å²) in [7, 11) is -0.886. The summed E-state index contributed by atoms with van der Waals surface area (Å²) in [5.41, 5.74) is 0.989. The third-order valence-corrected chi connectivity index (χ3v) is 6.31. The number of ether oxygens (including phenoxy) is 2. The minimum atomic E-state index is -3.68. The number of methoxy groups -OCH3 is 2. The van der Waals surface area contributed by atoms with Crippen molar-refractivity contribution in [3.63, 3.8) is 0 Å². The van der Waals surface area contributed by atoms with Gasteiger partial charge in [-0.1, -0.05) is 24.3 Å². The highest BCUT2D eigenvalue weighted by molar-refractivity contribution is 7.92. The van der Waals surface area contributed by atoms with Gasteiger partial charge in [0.15, 0.2) is 9.84 Å². The van der Waals surface area contributed by atoms with Gasteiger partial charge in [-0.2, -0.15) is 0 Å². The molecule has 0 aromatic heterocycles. The quantitative estimate of drug-likeness (QED) is 0.590. The molecule has 2 aromatic carbocycles. The average Bonchev–Trinajstić information content (AvgIpc) is 2.74. The smallest absolute Gasteiger partial charge is 0.255 e. The third-order valence-electron chi connectivity index (χ3n) is 4.32. The van der Waals surface area contributed by atoms with Gasteiger partial charge >= 0.3 is 0 Å². The van der Waals surface area contributed by atoms with Crippen LogP contribution in [-0.4, -0.2) is 45.5 Å². The summed E-state index contributed by atoms with van der Waals surface area (Å²) in [5, 5.41) is 3.99. The van der Waals surface area contributed by atoms with Crippen molar-refractivity contribution in [2.24, 2.45) is 0 Å². The van der Waals surface area contributed by atoms with E-state index in [-0.39, 0.29) is 28.8 Å². The van der Waals surface area contributed by atoms with Crippen LogP contribution in [0.3, 0.4) is 0 Å². The van der Waals surface area contributed by atoms with Crippen LogP contribution >= 0.6 is 0 Å². The topological polar surface area (TPSA) is 111 Å². The van der Waals surface area contributed by atoms with Gasteiger partial charge in [0, 0.05) is 17.7 Å². The summed E-state index contributed by atoms with van der Waals surface area (Å²) < 4.78 is 34.8. The first-order valence-corrected chi connectivity index (χ1v) is 10.7. The van der Waals surface area contributed by atoms with E-state index in [9.17, 15) is 18.0 Å². The Kier molecular flexibility index (Phi) is 7.60. The number of anilines is 2. The maximum Gasteiger partial charge on any atom is 0.255 e. The van der Waals surface area contributed by atoms with Crippen molar-refractivity contribution in [3.8, 4) is 11.5 Å². The Morgan fingerprint density at radius 2 is 1.57 bits per heavy atom. The van der Waals surface area contributed by atoms with E-state index < -0.39 is 21.0 Å². The van der Waals surface area contributed by atoms with Crippen molar-refractivity contribution in [3.05, 3.63) is 60.7 Å². The van der Waals surface area contributed by atoms with Gasteiger partial charge in [-0.3, -0.25) is 9.59 Å². The molecule has 2 amide bonds. The van der Waals surface area contributed by atoms with Crippen molar-refractivity contribution in [2.75, 3.05) is 30.6 Å². The number of hydrogen-bond acceptors (Lipinski definition) is 6. The Bertz CT molecular complexity index is 1030. The fourth-order valence-corrected chi connectivity index (χ4v) is 3.59. The van der Waals surface area contributed by atoms with Crippen molar-refractivity contribution in [2.45, 2.75) is 12.2 Å². The van der Waals surface area contributed by atoms with Crippen LogP contribution in [0.1, 0.15) is 17.3 Å². The van der Waals surface area contributed by atoms with Crippen LogP contribution in [0, 0.1) is 0 Å². The molecule has 0 aliphatic rings. The number of rotatable bonds is 9. The van der Waals surface area contributed by atoms with Crippen molar-refractivity contribution in [1.82, 2.24) is 0 Å². The molecule has 2 N–H and O–H groups in total. The highest BCUT2D eigenvalue weighted by Gasteiger charge is 2.28. The molecule has 0 spiro atoms. The molecule has 2 aromatic rings. The summed E-state index contributed by atoms with van der Waals surface area (Å²) in [6.45, 7) is 4.69. The van der Waals surface area contributed by atoms with Crippen LogP contribution in [0.15, 0.2) is 55.1 Å². The zero-order valence-corrected chi connectivity index (χ0v) is 17.8. The van der Waals surface area contributed by atoms with Gasteiger partial charge in [-0.25, -0.2) is 8.42 Å². The molecule has 2 rings (SSSR count). The molecule has 8 nitrogen and oxygen atoms in total. The third kappa shape index (κ3) is 5.38. The Balaban J connectivity index is 2.31. The first-order chi connectivity index (χ1) is 14.2. The van der Waals surface area contributed by atoms with E-state index in [2.05, 4.69) is 17.2 Å². The Morgan fingerprint density at radius 3 is 2.07 bits per heavy atom. The van der Waals surface area contributed by atoms with Gasteiger partial charge in [0.2, 0.25) is 5.91 Å². The zero-order chi connectivity index (χ0) is 22.3. The lowest BCUT2D eigenvalue weighted by Gasteiger charge is -2.18. The minimum absolute atomic E-state index is 0.206. The van der Waals surface area contributed by atoms with E-state index >= 15 is 0 Å².